The van der Waals surface area contributed by atoms with E-state index in [2.05, 4.69) is 19.4 Å². The Balaban J connectivity index is 3.23. The maximum atomic E-state index is 7.02. The van der Waals surface area contributed by atoms with Crippen LogP contribution >= 0.6 is 0 Å². The van der Waals surface area contributed by atoms with Crippen molar-refractivity contribution in [3.8, 4) is 0 Å². The highest BCUT2D eigenvalue weighted by Gasteiger charge is 2.02. The van der Waals surface area contributed by atoms with Crippen LogP contribution in [0.2, 0.25) is 6.82 Å². The molecule has 0 bridgehead atoms. The van der Waals surface area contributed by atoms with E-state index in [0.717, 1.165) is 25.7 Å². The van der Waals surface area contributed by atoms with E-state index in [0.29, 0.717) is 11.8 Å². The number of hydrogen-bond acceptors (Lipinski definition) is 2. The van der Waals surface area contributed by atoms with E-state index in [4.69, 9.17) is 11.1 Å². The molecule has 0 heterocycles. The van der Waals surface area contributed by atoms with Crippen LogP contribution < -0.4 is 11.1 Å². The van der Waals surface area contributed by atoms with Crippen molar-refractivity contribution in [3.05, 3.63) is 0 Å². The third-order valence-electron chi connectivity index (χ3n) is 1.98. The van der Waals surface area contributed by atoms with Crippen LogP contribution in [0, 0.1) is 5.41 Å². The highest BCUT2D eigenvalue weighted by Crippen LogP contribution is 2.02. The van der Waals surface area contributed by atoms with E-state index in [1.54, 1.807) is 0 Å². The van der Waals surface area contributed by atoms with Gasteiger partial charge in [-0.1, -0.05) is 13.2 Å². The van der Waals surface area contributed by atoms with Crippen molar-refractivity contribution in [1.82, 2.24) is 5.32 Å². The Bertz CT molecular complexity index is 123. The number of nitrogens with one attached hydrogen (secondary N) is 2. The molecule has 0 amide bonds. The number of unbranched alkanes of at least 4 members (excludes halogenated alkanes) is 1. The van der Waals surface area contributed by atoms with Gasteiger partial charge in [-0.05, 0) is 25.8 Å². The third kappa shape index (κ3) is 6.22. The number of hydrogen-bond donors (Lipinski definition) is 3. The Kier molecular flexibility index (Phi) is 6.86. The van der Waals surface area contributed by atoms with E-state index in [9.17, 15) is 0 Å². The van der Waals surface area contributed by atoms with E-state index in [-0.39, 0.29) is 0 Å². The first kappa shape index (κ1) is 11.5. The topological polar surface area (TPSA) is 61.9 Å². The van der Waals surface area contributed by atoms with Gasteiger partial charge in [-0.2, -0.15) is 0 Å². The maximum absolute atomic E-state index is 7.02. The first-order valence-corrected chi connectivity index (χ1v) is 4.50. The molecule has 0 aliphatic carbocycles. The van der Waals surface area contributed by atoms with Gasteiger partial charge in [-0.3, -0.25) is 5.41 Å². The first-order chi connectivity index (χ1) is 5.70. The summed E-state index contributed by atoms with van der Waals surface area (Å²) in [6, 6.07) is 0. The Morgan fingerprint density at radius 1 is 1.58 bits per heavy atom. The SMILES string of the molecule is C[B]C(CCCCC(=N)N)NC. The first-order valence-electron chi connectivity index (χ1n) is 4.50. The molecule has 0 aromatic heterocycles. The lowest BCUT2D eigenvalue weighted by Crippen LogP contribution is -2.29. The van der Waals surface area contributed by atoms with Crippen molar-refractivity contribution in [2.45, 2.75) is 38.4 Å². The molecule has 1 radical (unpaired) electrons. The van der Waals surface area contributed by atoms with Crippen LogP contribution in [0.4, 0.5) is 0 Å². The largest absolute Gasteiger partial charge is 0.388 e. The van der Waals surface area contributed by atoms with Crippen molar-refractivity contribution < 1.29 is 0 Å². The molecule has 1 unspecified atom stereocenters. The van der Waals surface area contributed by atoms with Gasteiger partial charge in [0, 0.05) is 6.42 Å². The van der Waals surface area contributed by atoms with Gasteiger partial charge in [0.15, 0.2) is 0 Å². The van der Waals surface area contributed by atoms with Crippen molar-refractivity contribution >= 4 is 13.1 Å². The Morgan fingerprint density at radius 3 is 2.67 bits per heavy atom. The van der Waals surface area contributed by atoms with Gasteiger partial charge >= 0.3 is 0 Å². The molecule has 12 heavy (non-hydrogen) atoms. The van der Waals surface area contributed by atoms with E-state index < -0.39 is 0 Å². The van der Waals surface area contributed by atoms with Gasteiger partial charge in [0.2, 0.25) is 0 Å². The molecule has 0 spiro atoms. The van der Waals surface area contributed by atoms with Crippen LogP contribution in [0.1, 0.15) is 25.7 Å². The van der Waals surface area contributed by atoms with Gasteiger partial charge in [0.25, 0.3) is 0 Å². The number of nitrogens with two attached hydrogens (primary N) is 1. The normalized spacial score (nSPS) is 12.5. The van der Waals surface area contributed by atoms with Gasteiger partial charge in [-0.15, -0.1) is 0 Å². The molecule has 0 fully saturated rings. The average Bonchev–Trinajstić information content (AvgIpc) is 2.04. The van der Waals surface area contributed by atoms with Crippen molar-refractivity contribution in [3.63, 3.8) is 0 Å². The fourth-order valence-corrected chi connectivity index (χ4v) is 1.16. The number of amidine groups is 1. The summed E-state index contributed by atoms with van der Waals surface area (Å²) in [7, 11) is 4.13. The molecule has 69 valence electrons. The fraction of sp³-hybridized carbons (Fsp3) is 0.875. The van der Waals surface area contributed by atoms with Crippen molar-refractivity contribution in [2.24, 2.45) is 5.73 Å². The molecule has 0 rings (SSSR count). The predicted molar refractivity (Wildman–Crippen MR) is 54.8 cm³/mol. The van der Waals surface area contributed by atoms with E-state index in [1.807, 2.05) is 7.05 Å². The molecular formula is C8H19BN3. The van der Waals surface area contributed by atoms with Gasteiger partial charge in [0.05, 0.1) is 5.84 Å². The molecule has 0 saturated carbocycles. The zero-order chi connectivity index (χ0) is 9.40. The maximum Gasteiger partial charge on any atom is 0.129 e. The molecule has 0 aromatic carbocycles. The third-order valence-corrected chi connectivity index (χ3v) is 1.98. The van der Waals surface area contributed by atoms with E-state index >= 15 is 0 Å². The van der Waals surface area contributed by atoms with Crippen LogP contribution in [0.25, 0.3) is 0 Å². The molecule has 1 atom stereocenters. The van der Waals surface area contributed by atoms with Gasteiger partial charge in [-0.25, -0.2) is 0 Å². The molecule has 4 N–H and O–H groups in total. The van der Waals surface area contributed by atoms with E-state index in [1.165, 1.54) is 0 Å². The summed E-state index contributed by atoms with van der Waals surface area (Å²) < 4.78 is 0. The van der Waals surface area contributed by atoms with Crippen LogP contribution in [0.3, 0.4) is 0 Å². The molecule has 3 nitrogen and oxygen atoms in total. The summed E-state index contributed by atoms with van der Waals surface area (Å²) >= 11 is 0. The standard InChI is InChI=1S/C8H19BN3/c1-9-7(12-2)5-3-4-6-8(10)11/h7,12H,3-6H2,1-2H3,(H3,10,11). The van der Waals surface area contributed by atoms with Crippen LogP contribution in [0.5, 0.6) is 0 Å². The highest BCUT2D eigenvalue weighted by molar-refractivity contribution is 6.35. The minimum Gasteiger partial charge on any atom is -0.388 e. The second-order valence-electron chi connectivity index (χ2n) is 3.00. The van der Waals surface area contributed by atoms with Crippen LogP contribution in [-0.2, 0) is 0 Å². The van der Waals surface area contributed by atoms with Gasteiger partial charge < -0.3 is 11.1 Å². The molecule has 0 saturated heterocycles. The summed E-state index contributed by atoms with van der Waals surface area (Å²) in [5.74, 6) is 0.813. The fourth-order valence-electron chi connectivity index (χ4n) is 1.16. The summed E-state index contributed by atoms with van der Waals surface area (Å²) in [6.07, 6.45) is 4.04. The molecule has 0 aromatic rings. The van der Waals surface area contributed by atoms with Gasteiger partial charge in [0.1, 0.15) is 7.28 Å². The molecule has 0 aliphatic heterocycles. The summed E-state index contributed by atoms with van der Waals surface area (Å²) in [6.45, 7) is 2.06. The van der Waals surface area contributed by atoms with Crippen LogP contribution in [-0.4, -0.2) is 26.1 Å². The number of rotatable bonds is 7. The molecule has 0 aliphatic rings. The molecular weight excluding hydrogens is 149 g/mol. The second kappa shape index (κ2) is 7.16. The summed E-state index contributed by atoms with van der Waals surface area (Å²) in [5.41, 5.74) is 5.23. The van der Waals surface area contributed by atoms with Crippen molar-refractivity contribution in [2.75, 3.05) is 7.05 Å². The average molecular weight is 168 g/mol. The lowest BCUT2D eigenvalue weighted by atomic mass is 9.70. The minimum absolute atomic E-state index is 0.302. The Labute approximate surface area is 75.9 Å². The lowest BCUT2D eigenvalue weighted by molar-refractivity contribution is 0.607. The summed E-state index contributed by atoms with van der Waals surface area (Å²) in [4.78, 5) is 0. The molecule has 4 heteroatoms. The quantitative estimate of drug-likeness (QED) is 0.227. The second-order valence-corrected chi connectivity index (χ2v) is 3.00. The predicted octanol–water partition coefficient (Wildman–Crippen LogP) is 0.781. The Hall–Kier alpha value is -0.505. The lowest BCUT2D eigenvalue weighted by Gasteiger charge is -2.12. The van der Waals surface area contributed by atoms with Crippen molar-refractivity contribution in [1.29, 1.82) is 5.41 Å². The summed E-state index contributed by atoms with van der Waals surface area (Å²) in [5, 5.41) is 10.2. The minimum atomic E-state index is 0.302. The smallest absolute Gasteiger partial charge is 0.129 e. The van der Waals surface area contributed by atoms with Crippen LogP contribution in [0.15, 0.2) is 0 Å². The zero-order valence-corrected chi connectivity index (χ0v) is 8.06. The monoisotopic (exact) mass is 168 g/mol. The zero-order valence-electron chi connectivity index (χ0n) is 8.06. The highest BCUT2D eigenvalue weighted by atomic mass is 14.8. The Morgan fingerprint density at radius 2 is 2.25 bits per heavy atom.